The number of nitrogens with zero attached hydrogens (tertiary/aromatic N) is 1. The van der Waals surface area contributed by atoms with E-state index in [1.165, 1.54) is 0 Å². The highest BCUT2D eigenvalue weighted by Crippen LogP contribution is 2.25. The standard InChI is InChI=1S/C17H15ClN2/c1-11-9-13(6-7-15(11)18)17(19)14-5-4-12-3-2-8-20-16(12)10-14/h2-10,17H,19H2,1H3. The van der Waals surface area contributed by atoms with Crippen LogP contribution in [0.3, 0.4) is 0 Å². The van der Waals surface area contributed by atoms with Gasteiger partial charge in [-0.3, -0.25) is 4.98 Å². The summed E-state index contributed by atoms with van der Waals surface area (Å²) in [7, 11) is 0. The molecule has 0 amide bonds. The largest absolute Gasteiger partial charge is 0.320 e. The molecule has 1 heterocycles. The molecule has 1 atom stereocenters. The Morgan fingerprint density at radius 1 is 1.05 bits per heavy atom. The first kappa shape index (κ1) is 13.1. The van der Waals surface area contributed by atoms with Crippen LogP contribution in [0.25, 0.3) is 10.9 Å². The minimum Gasteiger partial charge on any atom is -0.320 e. The smallest absolute Gasteiger partial charge is 0.0705 e. The monoisotopic (exact) mass is 282 g/mol. The van der Waals surface area contributed by atoms with Gasteiger partial charge in [0.05, 0.1) is 11.6 Å². The average Bonchev–Trinajstić information content (AvgIpc) is 2.49. The van der Waals surface area contributed by atoms with Gasteiger partial charge in [-0.15, -0.1) is 0 Å². The first-order valence-electron chi connectivity index (χ1n) is 6.51. The maximum absolute atomic E-state index is 6.36. The van der Waals surface area contributed by atoms with E-state index in [0.717, 1.165) is 32.6 Å². The second-order valence-corrected chi connectivity index (χ2v) is 5.35. The van der Waals surface area contributed by atoms with Crippen molar-refractivity contribution < 1.29 is 0 Å². The number of rotatable bonds is 2. The summed E-state index contributed by atoms with van der Waals surface area (Å²) in [4.78, 5) is 4.37. The van der Waals surface area contributed by atoms with Gasteiger partial charge in [0, 0.05) is 16.6 Å². The number of fused-ring (bicyclic) bond motifs is 1. The highest BCUT2D eigenvalue weighted by atomic mass is 35.5. The Labute approximate surface area is 123 Å². The molecule has 0 saturated carbocycles. The molecule has 1 unspecified atom stereocenters. The first-order valence-corrected chi connectivity index (χ1v) is 6.89. The summed E-state index contributed by atoms with van der Waals surface area (Å²) in [5.41, 5.74) is 10.5. The van der Waals surface area contributed by atoms with Crippen LogP contribution < -0.4 is 5.73 Å². The number of pyridine rings is 1. The fraction of sp³-hybridized carbons (Fsp3) is 0.118. The molecule has 0 saturated heterocycles. The molecule has 2 N–H and O–H groups in total. The molecule has 0 spiro atoms. The Kier molecular flexibility index (Phi) is 3.43. The van der Waals surface area contributed by atoms with Gasteiger partial charge in [0.2, 0.25) is 0 Å². The van der Waals surface area contributed by atoms with Crippen molar-refractivity contribution in [3.63, 3.8) is 0 Å². The molecule has 0 aliphatic rings. The van der Waals surface area contributed by atoms with E-state index in [1.54, 1.807) is 6.20 Å². The summed E-state index contributed by atoms with van der Waals surface area (Å²) < 4.78 is 0. The Morgan fingerprint density at radius 3 is 2.60 bits per heavy atom. The topological polar surface area (TPSA) is 38.9 Å². The lowest BCUT2D eigenvalue weighted by molar-refractivity contribution is 0.871. The van der Waals surface area contributed by atoms with Crippen LogP contribution in [-0.4, -0.2) is 4.98 Å². The van der Waals surface area contributed by atoms with Gasteiger partial charge >= 0.3 is 0 Å². The molecule has 0 radical (unpaired) electrons. The van der Waals surface area contributed by atoms with Crippen molar-refractivity contribution in [2.24, 2.45) is 5.73 Å². The van der Waals surface area contributed by atoms with Gasteiger partial charge in [-0.05, 0) is 41.8 Å². The first-order chi connectivity index (χ1) is 9.65. The lowest BCUT2D eigenvalue weighted by Gasteiger charge is -2.14. The average molecular weight is 283 g/mol. The molecule has 2 aromatic carbocycles. The number of benzene rings is 2. The minimum absolute atomic E-state index is 0.169. The zero-order valence-electron chi connectivity index (χ0n) is 11.2. The number of halogens is 1. The van der Waals surface area contributed by atoms with E-state index in [2.05, 4.69) is 17.1 Å². The van der Waals surface area contributed by atoms with Gasteiger partial charge in [-0.25, -0.2) is 0 Å². The molecule has 0 aliphatic carbocycles. The lowest BCUT2D eigenvalue weighted by atomic mass is 9.97. The number of nitrogens with two attached hydrogens (primary N) is 1. The van der Waals surface area contributed by atoms with Gasteiger partial charge in [-0.1, -0.05) is 41.9 Å². The maximum atomic E-state index is 6.36. The van der Waals surface area contributed by atoms with Crippen LogP contribution in [0, 0.1) is 6.92 Å². The van der Waals surface area contributed by atoms with E-state index in [9.17, 15) is 0 Å². The third kappa shape index (κ3) is 2.40. The number of hydrogen-bond donors (Lipinski definition) is 1. The summed E-state index contributed by atoms with van der Waals surface area (Å²) in [5.74, 6) is 0. The molecule has 0 bridgehead atoms. The second-order valence-electron chi connectivity index (χ2n) is 4.94. The zero-order valence-corrected chi connectivity index (χ0v) is 11.9. The Bertz CT molecular complexity index is 768. The summed E-state index contributed by atoms with van der Waals surface area (Å²) in [6, 6.07) is 15.9. The molecule has 0 fully saturated rings. The predicted octanol–water partition coefficient (Wildman–Crippen LogP) is 4.24. The van der Waals surface area contributed by atoms with Crippen LogP contribution in [0.2, 0.25) is 5.02 Å². The molecule has 20 heavy (non-hydrogen) atoms. The highest BCUT2D eigenvalue weighted by Gasteiger charge is 2.10. The number of aryl methyl sites for hydroxylation is 1. The van der Waals surface area contributed by atoms with E-state index in [4.69, 9.17) is 17.3 Å². The quantitative estimate of drug-likeness (QED) is 0.763. The fourth-order valence-electron chi connectivity index (χ4n) is 2.33. The van der Waals surface area contributed by atoms with Crippen LogP contribution >= 0.6 is 11.6 Å². The van der Waals surface area contributed by atoms with E-state index >= 15 is 0 Å². The van der Waals surface area contributed by atoms with Crippen molar-refractivity contribution in [1.29, 1.82) is 0 Å². The second kappa shape index (κ2) is 5.23. The van der Waals surface area contributed by atoms with Crippen molar-refractivity contribution in [2.45, 2.75) is 13.0 Å². The van der Waals surface area contributed by atoms with E-state index < -0.39 is 0 Å². The molecule has 100 valence electrons. The minimum atomic E-state index is -0.169. The summed E-state index contributed by atoms with van der Waals surface area (Å²) >= 11 is 6.06. The molecule has 0 aliphatic heterocycles. The zero-order chi connectivity index (χ0) is 14.1. The van der Waals surface area contributed by atoms with Gasteiger partial charge in [0.25, 0.3) is 0 Å². The Hall–Kier alpha value is -1.90. The molecule has 3 rings (SSSR count). The Balaban J connectivity index is 2.02. The third-order valence-electron chi connectivity index (χ3n) is 3.53. The summed E-state index contributed by atoms with van der Waals surface area (Å²) in [5, 5.41) is 1.89. The van der Waals surface area contributed by atoms with E-state index in [1.807, 2.05) is 43.3 Å². The Morgan fingerprint density at radius 2 is 1.80 bits per heavy atom. The molecular weight excluding hydrogens is 268 g/mol. The summed E-state index contributed by atoms with van der Waals surface area (Å²) in [6.45, 7) is 1.99. The van der Waals surface area contributed by atoms with Gasteiger partial charge in [0.1, 0.15) is 0 Å². The maximum Gasteiger partial charge on any atom is 0.0705 e. The van der Waals surface area contributed by atoms with Gasteiger partial charge < -0.3 is 5.73 Å². The normalized spacial score (nSPS) is 12.6. The number of aromatic nitrogens is 1. The van der Waals surface area contributed by atoms with Crippen molar-refractivity contribution >= 4 is 22.5 Å². The highest BCUT2D eigenvalue weighted by molar-refractivity contribution is 6.31. The molecule has 1 aromatic heterocycles. The predicted molar refractivity (Wildman–Crippen MR) is 84.0 cm³/mol. The van der Waals surface area contributed by atoms with Gasteiger partial charge in [0.15, 0.2) is 0 Å². The van der Waals surface area contributed by atoms with Crippen LogP contribution in [0.15, 0.2) is 54.7 Å². The lowest BCUT2D eigenvalue weighted by Crippen LogP contribution is -2.12. The fourth-order valence-corrected chi connectivity index (χ4v) is 2.45. The molecular formula is C17H15ClN2. The van der Waals surface area contributed by atoms with E-state index in [0.29, 0.717) is 0 Å². The van der Waals surface area contributed by atoms with Crippen molar-refractivity contribution in [1.82, 2.24) is 4.98 Å². The SMILES string of the molecule is Cc1cc(C(N)c2ccc3cccnc3c2)ccc1Cl. The van der Waals surface area contributed by atoms with Crippen LogP contribution in [0.4, 0.5) is 0 Å². The van der Waals surface area contributed by atoms with Crippen LogP contribution in [0.1, 0.15) is 22.7 Å². The third-order valence-corrected chi connectivity index (χ3v) is 3.95. The van der Waals surface area contributed by atoms with Crippen LogP contribution in [-0.2, 0) is 0 Å². The van der Waals surface area contributed by atoms with Gasteiger partial charge in [-0.2, -0.15) is 0 Å². The molecule has 3 aromatic rings. The van der Waals surface area contributed by atoms with Crippen molar-refractivity contribution in [3.05, 3.63) is 76.4 Å². The summed E-state index contributed by atoms with van der Waals surface area (Å²) in [6.07, 6.45) is 1.80. The van der Waals surface area contributed by atoms with E-state index in [-0.39, 0.29) is 6.04 Å². The van der Waals surface area contributed by atoms with Crippen molar-refractivity contribution in [3.8, 4) is 0 Å². The van der Waals surface area contributed by atoms with Crippen molar-refractivity contribution in [2.75, 3.05) is 0 Å². The molecule has 3 heteroatoms. The number of hydrogen-bond acceptors (Lipinski definition) is 2. The van der Waals surface area contributed by atoms with Crippen LogP contribution in [0.5, 0.6) is 0 Å². The molecule has 2 nitrogen and oxygen atoms in total.